The first-order valence-electron chi connectivity index (χ1n) is 10.0. The Balaban J connectivity index is 1.50. The lowest BCUT2D eigenvalue weighted by atomic mass is 10.1. The summed E-state index contributed by atoms with van der Waals surface area (Å²) in [6.45, 7) is 2.70. The minimum Gasteiger partial charge on any atom is -0.455 e. The van der Waals surface area contributed by atoms with Crippen LogP contribution in [0.1, 0.15) is 27.9 Å². The molecule has 0 unspecified atom stereocenters. The second-order valence-corrected chi connectivity index (χ2v) is 7.63. The normalized spacial score (nSPS) is 15.2. The third kappa shape index (κ3) is 5.91. The molecule has 0 aliphatic carbocycles. The fourth-order valence-corrected chi connectivity index (χ4v) is 3.28. The summed E-state index contributed by atoms with van der Waals surface area (Å²) in [5.41, 5.74) is 4.22. The zero-order chi connectivity index (χ0) is 24.1. The monoisotopic (exact) mass is 454 g/mol. The number of nitrogens with zero attached hydrogens (tertiary/aromatic N) is 2. The van der Waals surface area contributed by atoms with Gasteiger partial charge in [-0.25, -0.2) is 0 Å². The maximum Gasteiger partial charge on any atom is 0.311 e. The van der Waals surface area contributed by atoms with E-state index in [0.717, 1.165) is 10.6 Å². The van der Waals surface area contributed by atoms with E-state index >= 15 is 0 Å². The average molecular weight is 454 g/mol. The van der Waals surface area contributed by atoms with Crippen molar-refractivity contribution in [2.75, 3.05) is 18.5 Å². The second-order valence-electron chi connectivity index (χ2n) is 7.63. The van der Waals surface area contributed by atoms with Crippen molar-refractivity contribution >= 4 is 35.1 Å². The Morgan fingerprint density at radius 3 is 2.64 bits per heavy atom. The number of benzene rings is 2. The Bertz CT molecular complexity index is 1130. The molecule has 0 aromatic heterocycles. The summed E-state index contributed by atoms with van der Waals surface area (Å²) in [4.78, 5) is 59.3. The van der Waals surface area contributed by atoms with Crippen LogP contribution in [0.5, 0.6) is 0 Å². The van der Waals surface area contributed by atoms with Gasteiger partial charge < -0.3 is 10.1 Å². The van der Waals surface area contributed by atoms with Gasteiger partial charge in [-0.2, -0.15) is 0 Å². The van der Waals surface area contributed by atoms with Crippen LogP contribution in [0.3, 0.4) is 0 Å². The van der Waals surface area contributed by atoms with E-state index < -0.39 is 41.1 Å². The Labute approximate surface area is 188 Å². The molecule has 1 aliphatic heterocycles. The van der Waals surface area contributed by atoms with E-state index in [4.69, 9.17) is 4.74 Å². The van der Waals surface area contributed by atoms with Crippen molar-refractivity contribution in [1.82, 2.24) is 10.4 Å². The van der Waals surface area contributed by atoms with Gasteiger partial charge in [-0.1, -0.05) is 23.8 Å². The van der Waals surface area contributed by atoms with Crippen LogP contribution in [-0.4, -0.2) is 46.8 Å². The van der Waals surface area contributed by atoms with Crippen molar-refractivity contribution in [2.24, 2.45) is 5.92 Å². The van der Waals surface area contributed by atoms with Crippen molar-refractivity contribution in [3.63, 3.8) is 0 Å². The van der Waals surface area contributed by atoms with E-state index in [2.05, 4.69) is 10.7 Å². The zero-order valence-corrected chi connectivity index (χ0v) is 18.0. The van der Waals surface area contributed by atoms with Crippen LogP contribution in [0.2, 0.25) is 0 Å². The van der Waals surface area contributed by atoms with Crippen molar-refractivity contribution < 1.29 is 28.8 Å². The highest BCUT2D eigenvalue weighted by Gasteiger charge is 2.36. The second kappa shape index (κ2) is 9.90. The number of carbonyl (C=O) groups excluding carboxylic acids is 4. The number of carbonyl (C=O) groups is 4. The van der Waals surface area contributed by atoms with Crippen molar-refractivity contribution in [1.29, 1.82) is 0 Å². The van der Waals surface area contributed by atoms with Gasteiger partial charge in [0.05, 0.1) is 17.4 Å². The third-order valence-corrected chi connectivity index (χ3v) is 5.01. The predicted molar refractivity (Wildman–Crippen MR) is 116 cm³/mol. The van der Waals surface area contributed by atoms with E-state index in [1.807, 2.05) is 13.0 Å². The molecule has 0 saturated carbocycles. The summed E-state index contributed by atoms with van der Waals surface area (Å²) in [5.74, 6) is -3.22. The topological polar surface area (TPSA) is 148 Å². The van der Waals surface area contributed by atoms with Gasteiger partial charge in [-0.05, 0) is 32.0 Å². The van der Waals surface area contributed by atoms with Crippen molar-refractivity contribution in [2.45, 2.75) is 20.3 Å². The molecule has 2 N–H and O–H groups in total. The molecule has 1 atom stereocenters. The van der Waals surface area contributed by atoms with Crippen LogP contribution in [0.4, 0.5) is 11.4 Å². The Morgan fingerprint density at radius 2 is 1.94 bits per heavy atom. The molecule has 11 heteroatoms. The van der Waals surface area contributed by atoms with Crippen LogP contribution >= 0.6 is 0 Å². The van der Waals surface area contributed by atoms with Gasteiger partial charge in [0.1, 0.15) is 0 Å². The fraction of sp³-hybridized carbons (Fsp3) is 0.273. The number of rotatable bonds is 7. The molecule has 172 valence electrons. The van der Waals surface area contributed by atoms with E-state index in [-0.39, 0.29) is 24.3 Å². The molecule has 0 spiro atoms. The van der Waals surface area contributed by atoms with Crippen molar-refractivity contribution in [3.05, 3.63) is 69.3 Å². The molecule has 3 rings (SSSR count). The van der Waals surface area contributed by atoms with Crippen LogP contribution in [0.25, 0.3) is 0 Å². The standard InChI is InChI=1S/C22H22N4O7/c1-13-4-3-5-15(8-13)21(29)24-25-11-16(9-20(25)28)22(30)33-12-19(27)23-17-7-6-14(2)18(10-17)26(31)32/h3-8,10,16H,9,11-12H2,1-2H3,(H,23,27)(H,24,29)/t16-/m1/s1. The lowest BCUT2D eigenvalue weighted by molar-refractivity contribution is -0.385. The minimum atomic E-state index is -0.844. The molecular formula is C22H22N4O7. The van der Waals surface area contributed by atoms with Gasteiger partial charge >= 0.3 is 5.97 Å². The maximum absolute atomic E-state index is 12.3. The predicted octanol–water partition coefficient (Wildman–Crippen LogP) is 1.89. The molecule has 2 aromatic rings. The molecule has 2 aromatic carbocycles. The summed E-state index contributed by atoms with van der Waals surface area (Å²) in [7, 11) is 0. The first-order valence-corrected chi connectivity index (χ1v) is 10.0. The number of hydrogen-bond donors (Lipinski definition) is 2. The van der Waals surface area contributed by atoms with Gasteiger partial charge in [0.25, 0.3) is 17.5 Å². The average Bonchev–Trinajstić information content (AvgIpc) is 3.13. The van der Waals surface area contributed by atoms with E-state index in [1.165, 1.54) is 18.2 Å². The first-order chi connectivity index (χ1) is 15.6. The first kappa shape index (κ1) is 23.4. The Kier molecular flexibility index (Phi) is 7.01. The number of esters is 1. The molecule has 11 nitrogen and oxygen atoms in total. The lowest BCUT2D eigenvalue weighted by Gasteiger charge is -2.17. The quantitative estimate of drug-likeness (QED) is 0.369. The van der Waals surface area contributed by atoms with Gasteiger partial charge in [0.15, 0.2) is 6.61 Å². The molecule has 0 radical (unpaired) electrons. The number of nitro benzene ring substituents is 1. The Hall–Kier alpha value is -4.28. The van der Waals surface area contributed by atoms with Crippen LogP contribution in [0, 0.1) is 29.9 Å². The summed E-state index contributed by atoms with van der Waals surface area (Å²) in [5, 5.41) is 14.5. The van der Waals surface area contributed by atoms with E-state index in [9.17, 15) is 29.3 Å². The maximum atomic E-state index is 12.3. The fourth-order valence-electron chi connectivity index (χ4n) is 3.28. The molecule has 33 heavy (non-hydrogen) atoms. The van der Waals surface area contributed by atoms with Gasteiger partial charge in [0.2, 0.25) is 5.91 Å². The zero-order valence-electron chi connectivity index (χ0n) is 18.0. The van der Waals surface area contributed by atoms with Crippen LogP contribution in [0.15, 0.2) is 42.5 Å². The highest BCUT2D eigenvalue weighted by molar-refractivity contribution is 5.97. The highest BCUT2D eigenvalue weighted by Crippen LogP contribution is 2.22. The lowest BCUT2D eigenvalue weighted by Crippen LogP contribution is -2.43. The van der Waals surface area contributed by atoms with Gasteiger partial charge in [-0.15, -0.1) is 0 Å². The SMILES string of the molecule is Cc1cccc(C(=O)NN2C[C@H](C(=O)OCC(=O)Nc3ccc(C)c([N+](=O)[O-])c3)CC2=O)c1. The smallest absolute Gasteiger partial charge is 0.311 e. The number of aryl methyl sites for hydroxylation is 2. The van der Waals surface area contributed by atoms with Crippen LogP contribution in [-0.2, 0) is 19.1 Å². The number of hydrogen-bond acceptors (Lipinski definition) is 7. The number of anilines is 1. The molecule has 1 fully saturated rings. The third-order valence-electron chi connectivity index (χ3n) is 5.01. The molecule has 1 heterocycles. The molecule has 3 amide bonds. The highest BCUT2D eigenvalue weighted by atomic mass is 16.6. The molecular weight excluding hydrogens is 432 g/mol. The summed E-state index contributed by atoms with van der Waals surface area (Å²) in [6, 6.07) is 11.0. The molecule has 1 saturated heterocycles. The number of nitro groups is 1. The number of amides is 3. The molecule has 0 bridgehead atoms. The van der Waals surface area contributed by atoms with E-state index in [0.29, 0.717) is 11.1 Å². The molecule has 1 aliphatic rings. The van der Waals surface area contributed by atoms with Crippen LogP contribution < -0.4 is 10.7 Å². The Morgan fingerprint density at radius 1 is 1.18 bits per heavy atom. The number of ether oxygens (including phenoxy) is 1. The van der Waals surface area contributed by atoms with Gasteiger partial charge in [-0.3, -0.25) is 39.7 Å². The minimum absolute atomic E-state index is 0.0823. The summed E-state index contributed by atoms with van der Waals surface area (Å²) >= 11 is 0. The van der Waals surface area contributed by atoms with Crippen molar-refractivity contribution in [3.8, 4) is 0 Å². The number of hydrazine groups is 1. The van der Waals surface area contributed by atoms with Gasteiger partial charge in [0, 0.05) is 29.3 Å². The largest absolute Gasteiger partial charge is 0.455 e. The van der Waals surface area contributed by atoms with E-state index in [1.54, 1.807) is 25.1 Å². The number of nitrogens with one attached hydrogen (secondary N) is 2. The summed E-state index contributed by atoms with van der Waals surface area (Å²) in [6.07, 6.45) is -0.168. The summed E-state index contributed by atoms with van der Waals surface area (Å²) < 4.78 is 4.99.